The fraction of sp³-hybridized carbons (Fsp3) is 0.500. The van der Waals surface area contributed by atoms with E-state index in [9.17, 15) is 4.79 Å². The van der Waals surface area contributed by atoms with E-state index in [-0.39, 0.29) is 11.6 Å². The van der Waals surface area contributed by atoms with Gasteiger partial charge in [-0.3, -0.25) is 4.79 Å². The minimum absolute atomic E-state index is 0.0275. The molecule has 1 amide bonds. The molecule has 0 spiro atoms. The van der Waals surface area contributed by atoms with Gasteiger partial charge in [0.2, 0.25) is 5.91 Å². The Labute approximate surface area is 138 Å². The highest BCUT2D eigenvalue weighted by Crippen LogP contribution is 2.37. The molecule has 5 nitrogen and oxygen atoms in total. The van der Waals surface area contributed by atoms with Crippen molar-refractivity contribution in [1.82, 2.24) is 10.2 Å². The average molecular weight is 312 g/mol. The highest BCUT2D eigenvalue weighted by atomic mass is 16.1. The van der Waals surface area contributed by atoms with Gasteiger partial charge in [-0.05, 0) is 25.2 Å². The van der Waals surface area contributed by atoms with Gasteiger partial charge in [0.1, 0.15) is 0 Å². The highest BCUT2D eigenvalue weighted by Gasteiger charge is 2.39. The molecule has 1 heterocycles. The minimum atomic E-state index is -0.377. The third-order valence-corrected chi connectivity index (χ3v) is 3.82. The molecule has 122 valence electrons. The molecule has 0 unspecified atom stereocenters. The van der Waals surface area contributed by atoms with Crippen LogP contribution in [0.4, 0.5) is 0 Å². The molecule has 1 aliphatic heterocycles. The molecule has 1 aromatic rings. The Balaban J connectivity index is 1.69. The van der Waals surface area contributed by atoms with E-state index < -0.39 is 0 Å². The molecule has 0 saturated carbocycles. The first-order valence-electron chi connectivity index (χ1n) is 7.90. The van der Waals surface area contributed by atoms with Crippen molar-refractivity contribution in [1.29, 1.82) is 0 Å². The summed E-state index contributed by atoms with van der Waals surface area (Å²) in [6, 6.07) is 8.30. The Kier molecular flexibility index (Phi) is 5.89. The monoisotopic (exact) mass is 312 g/mol. The van der Waals surface area contributed by atoms with E-state index in [0.717, 1.165) is 18.5 Å². The summed E-state index contributed by atoms with van der Waals surface area (Å²) in [5, 5.41) is 11.0. The molecule has 5 heteroatoms. The van der Waals surface area contributed by atoms with E-state index in [4.69, 9.17) is 6.42 Å². The second-order valence-electron chi connectivity index (χ2n) is 6.22. The van der Waals surface area contributed by atoms with Crippen LogP contribution in [0.1, 0.15) is 36.8 Å². The summed E-state index contributed by atoms with van der Waals surface area (Å²) in [4.78, 5) is 14.1. The molecule has 0 atom stereocenters. The second kappa shape index (κ2) is 7.89. The van der Waals surface area contributed by atoms with Crippen molar-refractivity contribution < 1.29 is 4.79 Å². The van der Waals surface area contributed by atoms with Gasteiger partial charge in [-0.15, -0.1) is 12.3 Å². The predicted molar refractivity (Wildman–Crippen MR) is 90.6 cm³/mol. The molecule has 0 saturated heterocycles. The summed E-state index contributed by atoms with van der Waals surface area (Å²) >= 11 is 0. The Morgan fingerprint density at radius 2 is 1.87 bits per heavy atom. The molecule has 1 aromatic carbocycles. The normalized spacial score (nSPS) is 14.5. The van der Waals surface area contributed by atoms with Gasteiger partial charge < -0.3 is 10.2 Å². The number of rotatable bonds is 9. The number of nitrogens with one attached hydrogen (secondary N) is 1. The number of hydrogen-bond acceptors (Lipinski definition) is 4. The van der Waals surface area contributed by atoms with Crippen LogP contribution >= 0.6 is 0 Å². The van der Waals surface area contributed by atoms with Crippen LogP contribution in [0.3, 0.4) is 0 Å². The summed E-state index contributed by atoms with van der Waals surface area (Å²) in [7, 11) is 4.09. The van der Waals surface area contributed by atoms with Crippen LogP contribution in [0.5, 0.6) is 0 Å². The second-order valence-corrected chi connectivity index (χ2v) is 6.22. The van der Waals surface area contributed by atoms with E-state index in [1.807, 2.05) is 14.1 Å². The van der Waals surface area contributed by atoms with Gasteiger partial charge in [0.15, 0.2) is 5.66 Å². The first-order chi connectivity index (χ1) is 11.0. The Morgan fingerprint density at radius 3 is 2.43 bits per heavy atom. The van der Waals surface area contributed by atoms with E-state index in [2.05, 4.69) is 50.6 Å². The molecule has 0 aliphatic carbocycles. The van der Waals surface area contributed by atoms with Gasteiger partial charge in [-0.2, -0.15) is 10.2 Å². The van der Waals surface area contributed by atoms with Crippen molar-refractivity contribution in [3.63, 3.8) is 0 Å². The maximum absolute atomic E-state index is 11.9. The highest BCUT2D eigenvalue weighted by molar-refractivity contribution is 5.76. The Bertz CT molecular complexity index is 592. The molecule has 0 bridgehead atoms. The molecule has 1 N–H and O–H groups in total. The van der Waals surface area contributed by atoms with Crippen LogP contribution < -0.4 is 5.32 Å². The topological polar surface area (TPSA) is 57.1 Å². The third kappa shape index (κ3) is 5.84. The molecule has 1 aliphatic rings. The third-order valence-electron chi connectivity index (χ3n) is 3.82. The van der Waals surface area contributed by atoms with Crippen LogP contribution in [0.2, 0.25) is 0 Å². The summed E-state index contributed by atoms with van der Waals surface area (Å²) in [6.45, 7) is 1.46. The summed E-state index contributed by atoms with van der Waals surface area (Å²) < 4.78 is 0. The van der Waals surface area contributed by atoms with Crippen LogP contribution in [-0.2, 0) is 17.9 Å². The largest absolute Gasteiger partial charge is 0.352 e. The van der Waals surface area contributed by atoms with Crippen molar-refractivity contribution in [3.8, 4) is 12.3 Å². The Hall–Kier alpha value is -2.19. The van der Waals surface area contributed by atoms with Gasteiger partial charge in [-0.1, -0.05) is 24.3 Å². The van der Waals surface area contributed by atoms with Gasteiger partial charge in [0, 0.05) is 38.8 Å². The van der Waals surface area contributed by atoms with Crippen LogP contribution in [0.15, 0.2) is 34.5 Å². The molecule has 2 rings (SSSR count). The molecule has 0 fully saturated rings. The van der Waals surface area contributed by atoms with Gasteiger partial charge >= 0.3 is 0 Å². The van der Waals surface area contributed by atoms with Gasteiger partial charge in [0.25, 0.3) is 0 Å². The van der Waals surface area contributed by atoms with Crippen LogP contribution in [-0.4, -0.2) is 30.6 Å². The first kappa shape index (κ1) is 17.2. The van der Waals surface area contributed by atoms with Crippen molar-refractivity contribution in [3.05, 3.63) is 35.4 Å². The SMILES string of the molecule is C#CCCC1(CCC(=O)NCc2ccc(CN(C)C)cc2)N=N1. The number of hydrogen-bond donors (Lipinski definition) is 1. The smallest absolute Gasteiger partial charge is 0.220 e. The fourth-order valence-electron chi connectivity index (χ4n) is 2.40. The summed E-state index contributed by atoms with van der Waals surface area (Å²) in [5.41, 5.74) is 1.98. The molecular formula is C18H24N4O. The number of benzene rings is 1. The lowest BCUT2D eigenvalue weighted by atomic mass is 10.0. The summed E-state index contributed by atoms with van der Waals surface area (Å²) in [5.74, 6) is 2.62. The molecular weight excluding hydrogens is 288 g/mol. The van der Waals surface area contributed by atoms with Gasteiger partial charge in [0.05, 0.1) is 0 Å². The average Bonchev–Trinajstić information content (AvgIpc) is 3.30. The lowest BCUT2D eigenvalue weighted by molar-refractivity contribution is -0.121. The molecule has 0 aromatic heterocycles. The van der Waals surface area contributed by atoms with E-state index in [0.29, 0.717) is 25.8 Å². The maximum Gasteiger partial charge on any atom is 0.220 e. The fourth-order valence-corrected chi connectivity index (χ4v) is 2.40. The van der Waals surface area contributed by atoms with E-state index in [1.54, 1.807) is 0 Å². The number of carbonyl (C=O) groups is 1. The van der Waals surface area contributed by atoms with Crippen LogP contribution in [0, 0.1) is 12.3 Å². The van der Waals surface area contributed by atoms with Crippen molar-refractivity contribution in [2.24, 2.45) is 10.2 Å². The van der Waals surface area contributed by atoms with Gasteiger partial charge in [-0.25, -0.2) is 0 Å². The summed E-state index contributed by atoms with van der Waals surface area (Å²) in [6.07, 6.45) is 7.71. The number of nitrogens with zero attached hydrogens (tertiary/aromatic N) is 3. The number of terminal acetylenes is 1. The van der Waals surface area contributed by atoms with Crippen molar-refractivity contribution in [2.45, 2.75) is 44.4 Å². The maximum atomic E-state index is 11.9. The number of carbonyl (C=O) groups excluding carboxylic acids is 1. The lowest BCUT2D eigenvalue weighted by Crippen LogP contribution is -2.24. The number of amides is 1. The predicted octanol–water partition coefficient (Wildman–Crippen LogP) is 2.72. The van der Waals surface area contributed by atoms with E-state index in [1.165, 1.54) is 5.56 Å². The molecule has 0 radical (unpaired) electrons. The standard InChI is InChI=1S/C18H24N4O/c1-4-5-11-18(20-21-18)12-10-17(23)19-13-15-6-8-16(9-7-15)14-22(2)3/h1,6-9H,5,10-14H2,2-3H3,(H,19,23). The zero-order chi connectivity index (χ0) is 16.7. The van der Waals surface area contributed by atoms with E-state index >= 15 is 0 Å². The zero-order valence-electron chi connectivity index (χ0n) is 13.9. The molecule has 23 heavy (non-hydrogen) atoms. The van der Waals surface area contributed by atoms with Crippen LogP contribution in [0.25, 0.3) is 0 Å². The quantitative estimate of drug-likeness (QED) is 0.713. The minimum Gasteiger partial charge on any atom is -0.352 e. The van der Waals surface area contributed by atoms with Crippen molar-refractivity contribution in [2.75, 3.05) is 14.1 Å². The van der Waals surface area contributed by atoms with Crippen molar-refractivity contribution >= 4 is 5.91 Å². The zero-order valence-corrected chi connectivity index (χ0v) is 13.9. The lowest BCUT2D eigenvalue weighted by Gasteiger charge is -2.11. The Morgan fingerprint density at radius 1 is 1.22 bits per heavy atom. The first-order valence-corrected chi connectivity index (χ1v) is 7.90.